The molecule has 1 unspecified atom stereocenters. The van der Waals surface area contributed by atoms with Gasteiger partial charge in [-0.15, -0.1) is 11.8 Å². The standard InChI is InChI=1S/C26H35F3NO3PS/c27-22-9-7-21(8-10-22)26(11-2-1-3-12-26)13-4-5-16-35-25-18-23(28)20(17-24(25)29)19-30-14-6-15-33-34(31)32/h7-10,17-18,30,34H,1-6,11-16,19H2,(H,31,32). The Hall–Kier alpha value is -1.31. The summed E-state index contributed by atoms with van der Waals surface area (Å²) in [5.74, 6) is -0.373. The maximum Gasteiger partial charge on any atom is 0.316 e. The minimum absolute atomic E-state index is 0.102. The zero-order chi connectivity index (χ0) is 25.1. The quantitative estimate of drug-likeness (QED) is 0.155. The van der Waals surface area contributed by atoms with E-state index in [-0.39, 0.29) is 29.9 Å². The summed E-state index contributed by atoms with van der Waals surface area (Å²) in [6.45, 7) is 0.776. The summed E-state index contributed by atoms with van der Waals surface area (Å²) >= 11 is 1.34. The Balaban J connectivity index is 1.44. The molecule has 1 aliphatic carbocycles. The number of hydrogen-bond donors (Lipinski definition) is 2. The summed E-state index contributed by atoms with van der Waals surface area (Å²) < 4.78 is 57.5. The van der Waals surface area contributed by atoms with Crippen molar-refractivity contribution in [2.24, 2.45) is 0 Å². The van der Waals surface area contributed by atoms with Crippen LogP contribution >= 0.6 is 20.0 Å². The number of hydrogen-bond acceptors (Lipinski definition) is 4. The lowest BCUT2D eigenvalue weighted by Gasteiger charge is -2.38. The third-order valence-corrected chi connectivity index (χ3v) is 8.28. The molecule has 0 aliphatic heterocycles. The normalized spacial score (nSPS) is 16.3. The van der Waals surface area contributed by atoms with Crippen LogP contribution < -0.4 is 5.32 Å². The third-order valence-electron chi connectivity index (χ3n) is 6.71. The van der Waals surface area contributed by atoms with Crippen molar-refractivity contribution in [1.82, 2.24) is 5.32 Å². The van der Waals surface area contributed by atoms with Gasteiger partial charge in [0.2, 0.25) is 0 Å². The van der Waals surface area contributed by atoms with Crippen LogP contribution in [0.3, 0.4) is 0 Å². The van der Waals surface area contributed by atoms with E-state index >= 15 is 0 Å². The van der Waals surface area contributed by atoms with Crippen LogP contribution in [0.25, 0.3) is 0 Å². The van der Waals surface area contributed by atoms with Gasteiger partial charge in [0.1, 0.15) is 17.5 Å². The molecular weight excluding hydrogens is 494 g/mol. The predicted octanol–water partition coefficient (Wildman–Crippen LogP) is 7.15. The lowest BCUT2D eigenvalue weighted by molar-refractivity contribution is 0.267. The minimum atomic E-state index is -2.93. The molecule has 4 nitrogen and oxygen atoms in total. The van der Waals surface area contributed by atoms with Gasteiger partial charge >= 0.3 is 8.25 Å². The molecule has 1 aliphatic rings. The van der Waals surface area contributed by atoms with Gasteiger partial charge < -0.3 is 14.7 Å². The van der Waals surface area contributed by atoms with Crippen molar-refractivity contribution < 1.29 is 27.2 Å². The molecule has 1 fully saturated rings. The molecule has 2 N–H and O–H groups in total. The summed E-state index contributed by atoms with van der Waals surface area (Å²) in [6.07, 6.45) is 9.29. The van der Waals surface area contributed by atoms with Crippen molar-refractivity contribution in [3.8, 4) is 0 Å². The molecule has 0 spiro atoms. The maximum absolute atomic E-state index is 14.5. The monoisotopic (exact) mass is 529 g/mol. The van der Waals surface area contributed by atoms with Gasteiger partial charge in [0, 0.05) is 17.0 Å². The molecule has 0 aromatic heterocycles. The Morgan fingerprint density at radius 3 is 2.46 bits per heavy atom. The Morgan fingerprint density at radius 2 is 1.74 bits per heavy atom. The molecule has 194 valence electrons. The molecule has 0 saturated heterocycles. The van der Waals surface area contributed by atoms with Gasteiger partial charge in [-0.05, 0) is 79.6 Å². The Bertz CT molecular complexity index is 956. The van der Waals surface area contributed by atoms with E-state index in [1.165, 1.54) is 48.7 Å². The van der Waals surface area contributed by atoms with Crippen LogP contribution in [0.15, 0.2) is 41.3 Å². The first-order valence-corrected chi connectivity index (χ1v) is 14.6. The first-order chi connectivity index (χ1) is 16.9. The molecule has 0 amide bonds. The second-order valence-corrected chi connectivity index (χ2v) is 11.1. The van der Waals surface area contributed by atoms with Crippen LogP contribution in [0.1, 0.15) is 68.9 Å². The van der Waals surface area contributed by atoms with Crippen molar-refractivity contribution in [3.63, 3.8) is 0 Å². The van der Waals surface area contributed by atoms with Crippen molar-refractivity contribution in [1.29, 1.82) is 0 Å². The fraction of sp³-hybridized carbons (Fsp3) is 0.538. The Morgan fingerprint density at radius 1 is 1.00 bits per heavy atom. The average molecular weight is 530 g/mol. The van der Waals surface area contributed by atoms with Gasteiger partial charge in [-0.3, -0.25) is 4.57 Å². The molecular formula is C26H35F3NO3PS. The molecule has 0 radical (unpaired) electrons. The zero-order valence-electron chi connectivity index (χ0n) is 20.0. The number of nitrogens with one attached hydrogen (secondary N) is 1. The number of thioether (sulfide) groups is 1. The number of rotatable bonds is 14. The summed E-state index contributed by atoms with van der Waals surface area (Å²) in [5, 5.41) is 2.99. The lowest BCUT2D eigenvalue weighted by Crippen LogP contribution is -2.29. The second-order valence-electron chi connectivity index (χ2n) is 9.17. The van der Waals surface area contributed by atoms with Crippen LogP contribution in [0.2, 0.25) is 0 Å². The lowest BCUT2D eigenvalue weighted by atomic mass is 9.67. The second kappa shape index (κ2) is 14.4. The number of benzene rings is 2. The van der Waals surface area contributed by atoms with Crippen LogP contribution in [0, 0.1) is 17.5 Å². The highest BCUT2D eigenvalue weighted by Crippen LogP contribution is 2.43. The molecule has 1 saturated carbocycles. The van der Waals surface area contributed by atoms with Gasteiger partial charge in [-0.1, -0.05) is 37.8 Å². The maximum atomic E-state index is 14.5. The zero-order valence-corrected chi connectivity index (χ0v) is 21.8. The molecule has 3 rings (SSSR count). The summed E-state index contributed by atoms with van der Waals surface area (Å²) in [5.41, 5.74) is 1.58. The highest BCUT2D eigenvalue weighted by atomic mass is 32.2. The van der Waals surface area contributed by atoms with E-state index in [0.717, 1.165) is 32.1 Å². The van der Waals surface area contributed by atoms with Gasteiger partial charge in [0.05, 0.1) is 6.61 Å². The molecule has 1 atom stereocenters. The Labute approximate surface area is 211 Å². The van der Waals surface area contributed by atoms with E-state index in [2.05, 4.69) is 9.84 Å². The fourth-order valence-electron chi connectivity index (χ4n) is 4.86. The van der Waals surface area contributed by atoms with Gasteiger partial charge in [0.25, 0.3) is 0 Å². The largest absolute Gasteiger partial charge is 0.326 e. The summed E-state index contributed by atoms with van der Waals surface area (Å²) in [6, 6.07) is 9.45. The number of unbranched alkanes of at least 4 members (excludes halogenated alkanes) is 1. The predicted molar refractivity (Wildman–Crippen MR) is 136 cm³/mol. The molecule has 9 heteroatoms. The highest BCUT2D eigenvalue weighted by Gasteiger charge is 2.33. The first kappa shape index (κ1) is 28.3. The van der Waals surface area contributed by atoms with Crippen LogP contribution in [-0.2, 0) is 21.0 Å². The van der Waals surface area contributed by atoms with E-state index in [9.17, 15) is 17.7 Å². The fourth-order valence-corrected chi connectivity index (χ4v) is 6.13. The first-order valence-electron chi connectivity index (χ1n) is 12.3. The van der Waals surface area contributed by atoms with Gasteiger partial charge in [0.15, 0.2) is 0 Å². The molecule has 2 aromatic rings. The van der Waals surface area contributed by atoms with Gasteiger partial charge in [-0.2, -0.15) is 0 Å². The van der Waals surface area contributed by atoms with E-state index in [1.54, 1.807) is 12.1 Å². The van der Waals surface area contributed by atoms with Crippen molar-refractivity contribution in [2.75, 3.05) is 18.9 Å². The van der Waals surface area contributed by atoms with Gasteiger partial charge in [-0.25, -0.2) is 13.2 Å². The van der Waals surface area contributed by atoms with Crippen LogP contribution in [-0.4, -0.2) is 23.8 Å². The summed E-state index contributed by atoms with van der Waals surface area (Å²) in [7, 11) is -2.93. The summed E-state index contributed by atoms with van der Waals surface area (Å²) in [4.78, 5) is 8.92. The van der Waals surface area contributed by atoms with E-state index < -0.39 is 19.9 Å². The molecule has 2 aromatic carbocycles. The number of halogens is 3. The smallest absolute Gasteiger partial charge is 0.316 e. The SMILES string of the molecule is O=[PH](O)OCCCNCc1cc(F)c(SCCCCC2(c3ccc(F)cc3)CCCCC2)cc1F. The topological polar surface area (TPSA) is 58.6 Å². The van der Waals surface area contributed by atoms with Crippen molar-refractivity contribution >= 4 is 20.0 Å². The van der Waals surface area contributed by atoms with E-state index in [4.69, 9.17) is 4.89 Å². The van der Waals surface area contributed by atoms with E-state index in [0.29, 0.717) is 23.6 Å². The molecule has 35 heavy (non-hydrogen) atoms. The van der Waals surface area contributed by atoms with Crippen LogP contribution in [0.4, 0.5) is 13.2 Å². The molecule has 0 bridgehead atoms. The van der Waals surface area contributed by atoms with E-state index in [1.807, 2.05) is 12.1 Å². The van der Waals surface area contributed by atoms with Crippen molar-refractivity contribution in [3.05, 3.63) is 65.0 Å². The average Bonchev–Trinajstić information content (AvgIpc) is 2.84. The third kappa shape index (κ3) is 8.94. The minimum Gasteiger partial charge on any atom is -0.326 e. The molecule has 0 heterocycles. The Kier molecular flexibility index (Phi) is 11.7. The van der Waals surface area contributed by atoms with Crippen LogP contribution in [0.5, 0.6) is 0 Å². The van der Waals surface area contributed by atoms with Crippen molar-refractivity contribution in [2.45, 2.75) is 74.6 Å². The highest BCUT2D eigenvalue weighted by molar-refractivity contribution is 7.99.